The molecule has 0 spiro atoms. The van der Waals surface area contributed by atoms with Gasteiger partial charge < -0.3 is 0 Å². The SMILES string of the molecule is O=C1CCc2nc(Br)ccc21. The minimum absolute atomic E-state index is 0.222. The van der Waals surface area contributed by atoms with Gasteiger partial charge in [-0.05, 0) is 34.5 Å². The molecule has 0 atom stereocenters. The standard InChI is InChI=1S/C8H6BrNO/c9-8-4-1-5-6(10-8)2-3-7(5)11/h1,4H,2-3H2. The Morgan fingerprint density at radius 1 is 1.36 bits per heavy atom. The molecule has 1 heterocycles. The Bertz CT molecular complexity index is 322. The van der Waals surface area contributed by atoms with E-state index >= 15 is 0 Å². The Morgan fingerprint density at radius 3 is 3.00 bits per heavy atom. The average molecular weight is 212 g/mol. The van der Waals surface area contributed by atoms with Crippen molar-refractivity contribution in [3.05, 3.63) is 28.0 Å². The van der Waals surface area contributed by atoms with Crippen molar-refractivity contribution in [3.63, 3.8) is 0 Å². The first-order valence-corrected chi connectivity index (χ1v) is 4.25. The monoisotopic (exact) mass is 211 g/mol. The molecular formula is C8H6BrNO. The highest BCUT2D eigenvalue weighted by Gasteiger charge is 2.19. The third-order valence-electron chi connectivity index (χ3n) is 1.83. The quantitative estimate of drug-likeness (QED) is 0.615. The summed E-state index contributed by atoms with van der Waals surface area (Å²) in [5.41, 5.74) is 1.73. The molecule has 56 valence electrons. The van der Waals surface area contributed by atoms with E-state index in [9.17, 15) is 4.79 Å². The molecule has 0 saturated heterocycles. The number of aryl methyl sites for hydroxylation is 1. The third kappa shape index (κ3) is 1.09. The molecule has 2 nitrogen and oxygen atoms in total. The lowest BCUT2D eigenvalue weighted by atomic mass is 10.2. The van der Waals surface area contributed by atoms with Gasteiger partial charge in [0.05, 0.1) is 5.69 Å². The van der Waals surface area contributed by atoms with Gasteiger partial charge in [-0.2, -0.15) is 0 Å². The van der Waals surface area contributed by atoms with Crippen LogP contribution in [0.15, 0.2) is 16.7 Å². The average Bonchev–Trinajstić information content (AvgIpc) is 2.32. The number of hydrogen-bond donors (Lipinski definition) is 0. The number of pyridine rings is 1. The fourth-order valence-corrected chi connectivity index (χ4v) is 1.63. The van der Waals surface area contributed by atoms with E-state index < -0.39 is 0 Å². The van der Waals surface area contributed by atoms with Gasteiger partial charge in [0, 0.05) is 12.0 Å². The number of rotatable bonds is 0. The number of carbonyl (C=O) groups excluding carboxylic acids is 1. The predicted octanol–water partition coefficient (Wildman–Crippen LogP) is 1.97. The van der Waals surface area contributed by atoms with Crippen molar-refractivity contribution >= 4 is 21.7 Å². The van der Waals surface area contributed by atoms with Crippen LogP contribution in [0.3, 0.4) is 0 Å². The zero-order valence-electron chi connectivity index (χ0n) is 5.80. The summed E-state index contributed by atoms with van der Waals surface area (Å²) in [7, 11) is 0. The summed E-state index contributed by atoms with van der Waals surface area (Å²) in [4.78, 5) is 15.3. The zero-order chi connectivity index (χ0) is 7.84. The van der Waals surface area contributed by atoms with Crippen LogP contribution in [-0.4, -0.2) is 10.8 Å². The van der Waals surface area contributed by atoms with Gasteiger partial charge in [0.25, 0.3) is 0 Å². The van der Waals surface area contributed by atoms with Crippen LogP contribution in [0.1, 0.15) is 22.5 Å². The Hall–Kier alpha value is -0.700. The van der Waals surface area contributed by atoms with Crippen LogP contribution in [0.5, 0.6) is 0 Å². The van der Waals surface area contributed by atoms with E-state index in [1.54, 1.807) is 0 Å². The van der Waals surface area contributed by atoms with Crippen molar-refractivity contribution < 1.29 is 4.79 Å². The molecule has 0 N–H and O–H groups in total. The Labute approximate surface area is 72.8 Å². The second-order valence-electron chi connectivity index (χ2n) is 2.55. The number of halogens is 1. The minimum Gasteiger partial charge on any atom is -0.294 e. The maximum atomic E-state index is 11.1. The van der Waals surface area contributed by atoms with E-state index in [1.807, 2.05) is 12.1 Å². The Kier molecular flexibility index (Phi) is 1.53. The second kappa shape index (κ2) is 2.41. The van der Waals surface area contributed by atoms with E-state index in [1.165, 1.54) is 0 Å². The number of carbonyl (C=O) groups is 1. The van der Waals surface area contributed by atoms with E-state index in [4.69, 9.17) is 0 Å². The lowest BCUT2D eigenvalue weighted by Gasteiger charge is -1.95. The number of Topliss-reactive ketones (excluding diaryl/α,β-unsaturated/α-hetero) is 1. The Balaban J connectivity index is 2.59. The number of fused-ring (bicyclic) bond motifs is 1. The third-order valence-corrected chi connectivity index (χ3v) is 2.27. The van der Waals surface area contributed by atoms with Crippen LogP contribution in [0.25, 0.3) is 0 Å². The van der Waals surface area contributed by atoms with Crippen LogP contribution >= 0.6 is 15.9 Å². The van der Waals surface area contributed by atoms with Gasteiger partial charge in [0.2, 0.25) is 0 Å². The molecule has 0 amide bonds. The van der Waals surface area contributed by atoms with Crippen LogP contribution in [0.4, 0.5) is 0 Å². The predicted molar refractivity (Wildman–Crippen MR) is 44.6 cm³/mol. The first-order valence-electron chi connectivity index (χ1n) is 3.46. The molecule has 11 heavy (non-hydrogen) atoms. The van der Waals surface area contributed by atoms with Gasteiger partial charge in [-0.3, -0.25) is 4.79 Å². The number of nitrogens with zero attached hydrogens (tertiary/aromatic N) is 1. The van der Waals surface area contributed by atoms with Gasteiger partial charge in [0.1, 0.15) is 4.60 Å². The van der Waals surface area contributed by atoms with Gasteiger partial charge in [0.15, 0.2) is 5.78 Å². The van der Waals surface area contributed by atoms with E-state index in [-0.39, 0.29) is 5.78 Å². The summed E-state index contributed by atoms with van der Waals surface area (Å²) in [5, 5.41) is 0. The summed E-state index contributed by atoms with van der Waals surface area (Å²) in [6.07, 6.45) is 1.42. The molecule has 0 saturated carbocycles. The summed E-state index contributed by atoms with van der Waals surface area (Å²) in [6, 6.07) is 3.64. The molecule has 0 aliphatic heterocycles. The molecule has 1 aliphatic rings. The van der Waals surface area contributed by atoms with Crippen molar-refractivity contribution in [3.8, 4) is 0 Å². The summed E-state index contributed by atoms with van der Waals surface area (Å²) >= 11 is 3.26. The number of hydrogen-bond acceptors (Lipinski definition) is 2. The minimum atomic E-state index is 0.222. The van der Waals surface area contributed by atoms with Crippen LogP contribution in [0.2, 0.25) is 0 Å². The molecular weight excluding hydrogens is 206 g/mol. The normalized spacial score (nSPS) is 15.2. The molecule has 0 radical (unpaired) electrons. The first-order chi connectivity index (χ1) is 5.27. The highest BCUT2D eigenvalue weighted by atomic mass is 79.9. The second-order valence-corrected chi connectivity index (χ2v) is 3.36. The summed E-state index contributed by atoms with van der Waals surface area (Å²) < 4.78 is 0.811. The largest absolute Gasteiger partial charge is 0.294 e. The van der Waals surface area contributed by atoms with Crippen molar-refractivity contribution in [2.24, 2.45) is 0 Å². The molecule has 0 aromatic carbocycles. The highest BCUT2D eigenvalue weighted by molar-refractivity contribution is 9.10. The van der Waals surface area contributed by atoms with E-state index in [0.717, 1.165) is 22.3 Å². The van der Waals surface area contributed by atoms with Crippen molar-refractivity contribution in [1.29, 1.82) is 0 Å². The molecule has 3 heteroatoms. The number of ketones is 1. The fraction of sp³-hybridized carbons (Fsp3) is 0.250. The molecule has 1 aromatic heterocycles. The van der Waals surface area contributed by atoms with Gasteiger partial charge in [-0.1, -0.05) is 0 Å². The fourth-order valence-electron chi connectivity index (χ4n) is 1.29. The molecule has 0 unspecified atom stereocenters. The lowest BCUT2D eigenvalue weighted by Crippen LogP contribution is -1.92. The molecule has 0 fully saturated rings. The highest BCUT2D eigenvalue weighted by Crippen LogP contribution is 2.21. The number of aromatic nitrogens is 1. The smallest absolute Gasteiger partial charge is 0.165 e. The zero-order valence-corrected chi connectivity index (χ0v) is 7.39. The van der Waals surface area contributed by atoms with E-state index in [2.05, 4.69) is 20.9 Å². The van der Waals surface area contributed by atoms with Gasteiger partial charge >= 0.3 is 0 Å². The summed E-state index contributed by atoms with van der Waals surface area (Å²) in [6.45, 7) is 0. The van der Waals surface area contributed by atoms with E-state index in [0.29, 0.717) is 6.42 Å². The van der Waals surface area contributed by atoms with Gasteiger partial charge in [-0.15, -0.1) is 0 Å². The van der Waals surface area contributed by atoms with Gasteiger partial charge in [-0.25, -0.2) is 4.98 Å². The molecule has 2 rings (SSSR count). The van der Waals surface area contributed by atoms with Crippen molar-refractivity contribution in [2.75, 3.05) is 0 Å². The molecule has 1 aliphatic carbocycles. The topological polar surface area (TPSA) is 30.0 Å². The molecule has 0 bridgehead atoms. The maximum Gasteiger partial charge on any atom is 0.165 e. The Morgan fingerprint density at radius 2 is 2.18 bits per heavy atom. The van der Waals surface area contributed by atoms with Crippen molar-refractivity contribution in [2.45, 2.75) is 12.8 Å². The van der Waals surface area contributed by atoms with Crippen LogP contribution in [-0.2, 0) is 6.42 Å². The summed E-state index contributed by atoms with van der Waals surface area (Å²) in [5.74, 6) is 0.222. The lowest BCUT2D eigenvalue weighted by molar-refractivity contribution is 0.0994. The van der Waals surface area contributed by atoms with Crippen molar-refractivity contribution in [1.82, 2.24) is 4.98 Å². The maximum absolute atomic E-state index is 11.1. The van der Waals surface area contributed by atoms with Crippen LogP contribution < -0.4 is 0 Å². The first kappa shape index (κ1) is 6.98. The van der Waals surface area contributed by atoms with Crippen LogP contribution in [0, 0.1) is 0 Å². The molecule has 1 aromatic rings.